The summed E-state index contributed by atoms with van der Waals surface area (Å²) in [4.78, 5) is 12.0. The van der Waals surface area contributed by atoms with Crippen LogP contribution in [0.5, 0.6) is 11.5 Å². The molecule has 0 saturated carbocycles. The zero-order valence-electron chi connectivity index (χ0n) is 18.4. The fourth-order valence-corrected chi connectivity index (χ4v) is 5.37. The number of aryl methyl sites for hydroxylation is 1. The number of rotatable bonds is 7. The van der Waals surface area contributed by atoms with Crippen molar-refractivity contribution >= 4 is 28.8 Å². The Kier molecular flexibility index (Phi) is 6.22. The largest absolute Gasteiger partial charge is 0.495 e. The first kappa shape index (κ1) is 22.4. The maximum absolute atomic E-state index is 11.5. The first-order valence-corrected chi connectivity index (χ1v) is 12.2. The molecule has 4 aromatic rings. The molecule has 0 saturated heterocycles. The Labute approximate surface area is 203 Å². The van der Waals surface area contributed by atoms with Gasteiger partial charge in [0, 0.05) is 29.0 Å². The first-order valence-electron chi connectivity index (χ1n) is 10.3. The van der Waals surface area contributed by atoms with Gasteiger partial charge >= 0.3 is 0 Å². The summed E-state index contributed by atoms with van der Waals surface area (Å²) >= 11 is 3.00. The summed E-state index contributed by atoms with van der Waals surface area (Å²) in [6, 6.07) is 12.9. The number of hydrogen-bond donors (Lipinski definition) is 0. The fourth-order valence-electron chi connectivity index (χ4n) is 3.76. The number of methoxy groups -OCH3 is 1. The van der Waals surface area contributed by atoms with Gasteiger partial charge in [0.1, 0.15) is 11.5 Å². The maximum atomic E-state index is 11.5. The van der Waals surface area contributed by atoms with Gasteiger partial charge in [-0.3, -0.25) is 14.7 Å². The van der Waals surface area contributed by atoms with Crippen molar-refractivity contribution in [2.24, 2.45) is 0 Å². The lowest BCUT2D eigenvalue weighted by Crippen LogP contribution is -2.13. The lowest BCUT2D eigenvalue weighted by atomic mass is 10.1. The van der Waals surface area contributed by atoms with Crippen LogP contribution in [0.25, 0.3) is 16.4 Å². The zero-order chi connectivity index (χ0) is 23.7. The van der Waals surface area contributed by atoms with Gasteiger partial charge in [-0.1, -0.05) is 23.9 Å². The number of ether oxygens (including phenoxy) is 3. The van der Waals surface area contributed by atoms with Crippen LogP contribution in [0.4, 0.5) is 5.69 Å². The Morgan fingerprint density at radius 3 is 2.91 bits per heavy atom. The van der Waals surface area contributed by atoms with Crippen molar-refractivity contribution in [1.82, 2.24) is 14.8 Å². The molecule has 3 heterocycles. The molecule has 0 amide bonds. The number of nitro groups is 1. The monoisotopic (exact) mass is 496 g/mol. The molecule has 0 bridgehead atoms. The van der Waals surface area contributed by atoms with Gasteiger partial charge in [0.25, 0.3) is 5.69 Å². The van der Waals surface area contributed by atoms with Gasteiger partial charge in [0.2, 0.25) is 0 Å². The second-order valence-electron chi connectivity index (χ2n) is 7.54. The third-order valence-corrected chi connectivity index (χ3v) is 7.13. The van der Waals surface area contributed by atoms with Gasteiger partial charge in [0.05, 0.1) is 29.2 Å². The lowest BCUT2D eigenvalue weighted by molar-refractivity contribution is -0.385. The van der Waals surface area contributed by atoms with Crippen LogP contribution in [-0.2, 0) is 17.1 Å². The van der Waals surface area contributed by atoms with E-state index >= 15 is 0 Å². The summed E-state index contributed by atoms with van der Waals surface area (Å²) in [7, 11) is 1.63. The smallest absolute Gasteiger partial charge is 0.270 e. The number of aromatic nitrogens is 3. The second kappa shape index (κ2) is 9.45. The van der Waals surface area contributed by atoms with E-state index in [2.05, 4.69) is 10.2 Å². The van der Waals surface area contributed by atoms with Crippen LogP contribution >= 0.6 is 23.1 Å². The summed E-state index contributed by atoms with van der Waals surface area (Å²) in [6.45, 7) is 2.40. The van der Waals surface area contributed by atoms with Crippen LogP contribution in [-0.4, -0.2) is 33.6 Å². The van der Waals surface area contributed by atoms with Crippen LogP contribution in [0.2, 0.25) is 0 Å². The normalized spacial score (nSPS) is 12.8. The minimum atomic E-state index is -0.405. The molecule has 0 spiro atoms. The van der Waals surface area contributed by atoms with Gasteiger partial charge < -0.3 is 14.2 Å². The molecular weight excluding hydrogens is 476 g/mol. The van der Waals surface area contributed by atoms with Crippen LogP contribution in [0.1, 0.15) is 16.7 Å². The van der Waals surface area contributed by atoms with E-state index in [9.17, 15) is 10.1 Å². The molecule has 34 heavy (non-hydrogen) atoms. The number of thiophene rings is 1. The highest BCUT2D eigenvalue weighted by Gasteiger charge is 2.24. The van der Waals surface area contributed by atoms with Crippen LogP contribution in [0.15, 0.2) is 53.0 Å². The van der Waals surface area contributed by atoms with E-state index in [1.54, 1.807) is 24.5 Å². The predicted molar refractivity (Wildman–Crippen MR) is 129 cm³/mol. The van der Waals surface area contributed by atoms with Gasteiger partial charge in [-0.25, -0.2) is 0 Å². The number of fused-ring (bicyclic) bond motifs is 1. The summed E-state index contributed by atoms with van der Waals surface area (Å²) in [6.07, 6.45) is 0. The Morgan fingerprint density at radius 2 is 2.15 bits per heavy atom. The molecule has 0 atom stereocenters. The average Bonchev–Trinajstić information content (AvgIpc) is 3.52. The molecule has 0 unspecified atom stereocenters. The minimum Gasteiger partial charge on any atom is -0.495 e. The Hall–Kier alpha value is -3.41. The van der Waals surface area contributed by atoms with Gasteiger partial charge in [-0.2, -0.15) is 0 Å². The first-order chi connectivity index (χ1) is 16.5. The molecule has 0 radical (unpaired) electrons. The highest BCUT2D eigenvalue weighted by molar-refractivity contribution is 7.98. The topological polar surface area (TPSA) is 102 Å². The van der Waals surface area contributed by atoms with E-state index in [0.29, 0.717) is 39.4 Å². The summed E-state index contributed by atoms with van der Waals surface area (Å²) in [5.41, 5.74) is 3.27. The number of benzene rings is 2. The summed E-state index contributed by atoms with van der Waals surface area (Å²) in [5, 5.41) is 23.0. The molecule has 9 nitrogen and oxygen atoms in total. The van der Waals surface area contributed by atoms with E-state index < -0.39 is 4.92 Å². The van der Waals surface area contributed by atoms with Crippen molar-refractivity contribution < 1.29 is 19.1 Å². The number of non-ortho nitro benzene ring substituents is 1. The quantitative estimate of drug-likeness (QED) is 0.191. The molecule has 0 N–H and O–H groups in total. The molecule has 2 aromatic heterocycles. The van der Waals surface area contributed by atoms with Gasteiger partial charge in [0.15, 0.2) is 17.8 Å². The molecule has 2 aromatic carbocycles. The SMILES string of the molecule is COc1ccc(C)cc1-n1c(SCc2cc([N+](=O)[O-])cc3c2OCOC3)nnc1-c1cccs1. The number of hydrogen-bond acceptors (Lipinski definition) is 9. The molecule has 1 aliphatic rings. The molecular formula is C23H20N4O5S2. The van der Waals surface area contributed by atoms with Gasteiger partial charge in [-0.15, -0.1) is 21.5 Å². The van der Waals surface area contributed by atoms with Gasteiger partial charge in [-0.05, 0) is 36.1 Å². The maximum Gasteiger partial charge on any atom is 0.270 e. The van der Waals surface area contributed by atoms with Crippen LogP contribution in [0, 0.1) is 17.0 Å². The standard InChI is InChI=1S/C23H20N4O5S2/c1-14-5-6-19(30-2)18(8-14)26-22(20-4-3-7-33-20)24-25-23(26)34-12-16-10-17(27(28)29)9-15-11-31-13-32-21(15)16/h3-10H,11-13H2,1-2H3. The highest BCUT2D eigenvalue weighted by atomic mass is 32.2. The van der Waals surface area contributed by atoms with E-state index in [-0.39, 0.29) is 19.1 Å². The average molecular weight is 497 g/mol. The molecule has 174 valence electrons. The van der Waals surface area contributed by atoms with E-state index in [0.717, 1.165) is 16.1 Å². The van der Waals surface area contributed by atoms with Crippen molar-refractivity contribution in [2.75, 3.05) is 13.9 Å². The summed E-state index contributed by atoms with van der Waals surface area (Å²) in [5.74, 6) is 2.42. The molecule has 5 rings (SSSR count). The Balaban J connectivity index is 1.57. The molecule has 0 aliphatic carbocycles. The zero-order valence-corrected chi connectivity index (χ0v) is 20.0. The minimum absolute atomic E-state index is 0.00421. The van der Waals surface area contributed by atoms with Crippen molar-refractivity contribution in [1.29, 1.82) is 0 Å². The van der Waals surface area contributed by atoms with Crippen molar-refractivity contribution in [3.05, 3.63) is 74.6 Å². The molecule has 1 aliphatic heterocycles. The van der Waals surface area contributed by atoms with Crippen molar-refractivity contribution in [2.45, 2.75) is 24.4 Å². The fraction of sp³-hybridized carbons (Fsp3) is 0.217. The summed E-state index contributed by atoms with van der Waals surface area (Å²) < 4.78 is 18.6. The predicted octanol–water partition coefficient (Wildman–Crippen LogP) is 5.38. The third-order valence-electron chi connectivity index (χ3n) is 5.29. The number of nitrogens with zero attached hydrogens (tertiary/aromatic N) is 4. The van der Waals surface area contributed by atoms with Crippen LogP contribution < -0.4 is 9.47 Å². The molecule has 11 heteroatoms. The van der Waals surface area contributed by atoms with E-state index in [1.165, 1.54) is 17.8 Å². The van der Waals surface area contributed by atoms with E-state index in [1.807, 2.05) is 47.2 Å². The number of thioether (sulfide) groups is 1. The van der Waals surface area contributed by atoms with Crippen molar-refractivity contribution in [3.63, 3.8) is 0 Å². The highest BCUT2D eigenvalue weighted by Crippen LogP contribution is 2.39. The Morgan fingerprint density at radius 1 is 1.26 bits per heavy atom. The lowest BCUT2D eigenvalue weighted by Gasteiger charge is -2.20. The number of nitro benzene ring substituents is 1. The second-order valence-corrected chi connectivity index (χ2v) is 9.43. The van der Waals surface area contributed by atoms with Crippen molar-refractivity contribution in [3.8, 4) is 27.9 Å². The van der Waals surface area contributed by atoms with E-state index in [4.69, 9.17) is 14.2 Å². The third kappa shape index (κ3) is 4.25. The van der Waals surface area contributed by atoms with Crippen LogP contribution in [0.3, 0.4) is 0 Å². The Bertz CT molecular complexity index is 1350. The molecule has 0 fully saturated rings.